The SMILES string of the molecule is CCCNc1cc(N(CCC(C)C)C2CCCC2)ncn1. The Bertz CT molecular complexity index is 413. The lowest BCUT2D eigenvalue weighted by Gasteiger charge is -2.31. The number of nitrogens with one attached hydrogen (secondary N) is 1. The van der Waals surface area contributed by atoms with Gasteiger partial charge in [-0.2, -0.15) is 0 Å². The fourth-order valence-corrected chi connectivity index (χ4v) is 2.95. The van der Waals surface area contributed by atoms with Crippen LogP contribution in [0.5, 0.6) is 0 Å². The first kappa shape index (κ1) is 16.1. The summed E-state index contributed by atoms with van der Waals surface area (Å²) in [6.07, 6.45) is 9.35. The number of nitrogens with zero attached hydrogens (tertiary/aromatic N) is 3. The van der Waals surface area contributed by atoms with Crippen molar-refractivity contribution >= 4 is 11.6 Å². The molecule has 0 bridgehead atoms. The summed E-state index contributed by atoms with van der Waals surface area (Å²) in [4.78, 5) is 11.4. The van der Waals surface area contributed by atoms with Crippen LogP contribution in [-0.4, -0.2) is 29.1 Å². The Kier molecular flexibility index (Phi) is 6.27. The zero-order valence-electron chi connectivity index (χ0n) is 13.8. The van der Waals surface area contributed by atoms with Crippen molar-refractivity contribution in [3.63, 3.8) is 0 Å². The molecule has 0 radical (unpaired) electrons. The molecule has 0 aromatic carbocycles. The molecule has 0 unspecified atom stereocenters. The predicted octanol–water partition coefficient (Wildman–Crippen LogP) is 4.09. The summed E-state index contributed by atoms with van der Waals surface area (Å²) in [5.74, 6) is 2.78. The van der Waals surface area contributed by atoms with E-state index in [1.54, 1.807) is 6.33 Å². The van der Waals surface area contributed by atoms with Crippen LogP contribution < -0.4 is 10.2 Å². The van der Waals surface area contributed by atoms with E-state index in [1.807, 2.05) is 0 Å². The molecular weight excluding hydrogens is 260 g/mol. The Balaban J connectivity index is 2.10. The highest BCUT2D eigenvalue weighted by atomic mass is 15.2. The Morgan fingerprint density at radius 2 is 2.05 bits per heavy atom. The average molecular weight is 290 g/mol. The lowest BCUT2D eigenvalue weighted by atomic mass is 10.1. The summed E-state index contributed by atoms with van der Waals surface area (Å²) in [5, 5.41) is 3.37. The third kappa shape index (κ3) is 4.87. The van der Waals surface area contributed by atoms with Gasteiger partial charge < -0.3 is 10.2 Å². The highest BCUT2D eigenvalue weighted by Crippen LogP contribution is 2.28. The Labute approximate surface area is 129 Å². The molecule has 0 saturated heterocycles. The van der Waals surface area contributed by atoms with Crippen molar-refractivity contribution < 1.29 is 0 Å². The van der Waals surface area contributed by atoms with E-state index in [9.17, 15) is 0 Å². The number of hydrogen-bond acceptors (Lipinski definition) is 4. The molecule has 1 heterocycles. The van der Waals surface area contributed by atoms with E-state index in [2.05, 4.69) is 47.0 Å². The molecule has 4 nitrogen and oxygen atoms in total. The van der Waals surface area contributed by atoms with Crippen LogP contribution in [-0.2, 0) is 0 Å². The molecule has 1 aliphatic rings. The van der Waals surface area contributed by atoms with Gasteiger partial charge in [-0.3, -0.25) is 0 Å². The van der Waals surface area contributed by atoms with Gasteiger partial charge in [0, 0.05) is 25.2 Å². The van der Waals surface area contributed by atoms with E-state index in [4.69, 9.17) is 0 Å². The monoisotopic (exact) mass is 290 g/mol. The van der Waals surface area contributed by atoms with Gasteiger partial charge in [0.15, 0.2) is 0 Å². The number of rotatable bonds is 8. The molecule has 1 fully saturated rings. The molecule has 4 heteroatoms. The zero-order valence-corrected chi connectivity index (χ0v) is 13.8. The minimum atomic E-state index is 0.665. The molecule has 0 spiro atoms. The first-order valence-corrected chi connectivity index (χ1v) is 8.53. The lowest BCUT2D eigenvalue weighted by molar-refractivity contribution is 0.525. The lowest BCUT2D eigenvalue weighted by Crippen LogP contribution is -2.35. The molecule has 1 aromatic rings. The zero-order chi connectivity index (χ0) is 15.1. The van der Waals surface area contributed by atoms with Crippen molar-refractivity contribution in [2.75, 3.05) is 23.3 Å². The highest BCUT2D eigenvalue weighted by Gasteiger charge is 2.24. The summed E-state index contributed by atoms with van der Waals surface area (Å²) in [5.41, 5.74) is 0. The Morgan fingerprint density at radius 1 is 1.29 bits per heavy atom. The van der Waals surface area contributed by atoms with Crippen LogP contribution in [0.4, 0.5) is 11.6 Å². The predicted molar refractivity (Wildman–Crippen MR) is 89.9 cm³/mol. The fourth-order valence-electron chi connectivity index (χ4n) is 2.95. The van der Waals surface area contributed by atoms with Crippen LogP contribution in [0.15, 0.2) is 12.4 Å². The van der Waals surface area contributed by atoms with E-state index >= 15 is 0 Å². The largest absolute Gasteiger partial charge is 0.370 e. The summed E-state index contributed by atoms with van der Waals surface area (Å²) >= 11 is 0. The quantitative estimate of drug-likeness (QED) is 0.783. The van der Waals surface area contributed by atoms with Crippen LogP contribution in [0.2, 0.25) is 0 Å². The van der Waals surface area contributed by atoms with Crippen molar-refractivity contribution in [1.29, 1.82) is 0 Å². The van der Waals surface area contributed by atoms with Crippen molar-refractivity contribution in [1.82, 2.24) is 9.97 Å². The highest BCUT2D eigenvalue weighted by molar-refractivity contribution is 5.49. The van der Waals surface area contributed by atoms with E-state index in [0.717, 1.165) is 37.1 Å². The van der Waals surface area contributed by atoms with Crippen LogP contribution in [0, 0.1) is 5.92 Å². The summed E-state index contributed by atoms with van der Waals surface area (Å²) in [7, 11) is 0. The van der Waals surface area contributed by atoms with Gasteiger partial charge >= 0.3 is 0 Å². The van der Waals surface area contributed by atoms with Crippen LogP contribution in [0.1, 0.15) is 59.3 Å². The first-order valence-electron chi connectivity index (χ1n) is 8.53. The van der Waals surface area contributed by atoms with E-state index in [0.29, 0.717) is 6.04 Å². The van der Waals surface area contributed by atoms with E-state index in [-0.39, 0.29) is 0 Å². The standard InChI is InChI=1S/C17H30N4/c1-4-10-18-16-12-17(20-13-19-16)21(11-9-14(2)3)15-7-5-6-8-15/h12-15H,4-11H2,1-3H3,(H,18,19,20). The van der Waals surface area contributed by atoms with Gasteiger partial charge in [-0.1, -0.05) is 33.6 Å². The fraction of sp³-hybridized carbons (Fsp3) is 0.765. The van der Waals surface area contributed by atoms with Crippen molar-refractivity contribution in [3.8, 4) is 0 Å². The summed E-state index contributed by atoms with van der Waals surface area (Å²) in [6, 6.07) is 2.78. The molecule has 0 atom stereocenters. The van der Waals surface area contributed by atoms with Gasteiger partial charge in [-0.05, 0) is 31.6 Å². The second-order valence-corrected chi connectivity index (χ2v) is 6.50. The summed E-state index contributed by atoms with van der Waals surface area (Å²) < 4.78 is 0. The summed E-state index contributed by atoms with van der Waals surface area (Å²) in [6.45, 7) is 8.82. The molecule has 1 N–H and O–H groups in total. The van der Waals surface area contributed by atoms with Gasteiger partial charge in [0.05, 0.1) is 0 Å². The van der Waals surface area contributed by atoms with E-state index < -0.39 is 0 Å². The van der Waals surface area contributed by atoms with Gasteiger partial charge in [0.1, 0.15) is 18.0 Å². The maximum atomic E-state index is 4.55. The number of anilines is 2. The Morgan fingerprint density at radius 3 is 2.71 bits per heavy atom. The van der Waals surface area contributed by atoms with Gasteiger partial charge in [0.2, 0.25) is 0 Å². The minimum absolute atomic E-state index is 0.665. The molecule has 118 valence electrons. The van der Waals surface area contributed by atoms with Gasteiger partial charge in [0.25, 0.3) is 0 Å². The minimum Gasteiger partial charge on any atom is -0.370 e. The molecule has 21 heavy (non-hydrogen) atoms. The van der Waals surface area contributed by atoms with Crippen LogP contribution in [0.3, 0.4) is 0 Å². The van der Waals surface area contributed by atoms with Crippen LogP contribution in [0.25, 0.3) is 0 Å². The smallest absolute Gasteiger partial charge is 0.134 e. The van der Waals surface area contributed by atoms with E-state index in [1.165, 1.54) is 32.1 Å². The molecule has 1 aliphatic carbocycles. The molecular formula is C17H30N4. The van der Waals surface area contributed by atoms with Crippen molar-refractivity contribution in [2.24, 2.45) is 5.92 Å². The molecule has 1 aromatic heterocycles. The first-order chi connectivity index (χ1) is 10.2. The second kappa shape index (κ2) is 8.20. The maximum Gasteiger partial charge on any atom is 0.134 e. The topological polar surface area (TPSA) is 41.0 Å². The van der Waals surface area contributed by atoms with Crippen LogP contribution >= 0.6 is 0 Å². The Hall–Kier alpha value is -1.32. The average Bonchev–Trinajstić information content (AvgIpc) is 2.99. The third-order valence-corrected chi connectivity index (χ3v) is 4.22. The second-order valence-electron chi connectivity index (χ2n) is 6.50. The number of aromatic nitrogens is 2. The normalized spacial score (nSPS) is 15.6. The van der Waals surface area contributed by atoms with Gasteiger partial charge in [-0.15, -0.1) is 0 Å². The number of hydrogen-bond donors (Lipinski definition) is 1. The van der Waals surface area contributed by atoms with Crippen molar-refractivity contribution in [3.05, 3.63) is 12.4 Å². The molecule has 1 saturated carbocycles. The molecule has 0 amide bonds. The molecule has 0 aliphatic heterocycles. The van der Waals surface area contributed by atoms with Crippen molar-refractivity contribution in [2.45, 2.75) is 65.3 Å². The maximum absolute atomic E-state index is 4.55. The third-order valence-electron chi connectivity index (χ3n) is 4.22. The van der Waals surface area contributed by atoms with Gasteiger partial charge in [-0.25, -0.2) is 9.97 Å². The molecule has 2 rings (SSSR count).